The normalized spacial score (nSPS) is 11.5. The van der Waals surface area contributed by atoms with E-state index in [1.165, 1.54) is 6.07 Å². The Bertz CT molecular complexity index is 476. The molecule has 0 aliphatic heterocycles. The van der Waals surface area contributed by atoms with Gasteiger partial charge in [-0.25, -0.2) is 4.39 Å². The van der Waals surface area contributed by atoms with E-state index >= 15 is 0 Å². The molecule has 0 amide bonds. The van der Waals surface area contributed by atoms with Crippen LogP contribution in [0.4, 0.5) is 4.39 Å². The van der Waals surface area contributed by atoms with Crippen molar-refractivity contribution < 1.29 is 4.39 Å². The first-order valence-corrected chi connectivity index (χ1v) is 5.23. The second-order valence-corrected chi connectivity index (χ2v) is 4.22. The first kappa shape index (κ1) is 9.65. The van der Waals surface area contributed by atoms with E-state index in [1.807, 2.05) is 19.9 Å². The molecule has 0 N–H and O–H groups in total. The van der Waals surface area contributed by atoms with Crippen molar-refractivity contribution in [3.05, 3.63) is 28.6 Å². The van der Waals surface area contributed by atoms with Crippen LogP contribution in [0.25, 0.3) is 10.9 Å². The largest absolute Gasteiger partial charge is 0.258 e. The van der Waals surface area contributed by atoms with Gasteiger partial charge in [0.2, 0.25) is 0 Å². The molecule has 1 heterocycles. The molecule has 0 spiro atoms. The van der Waals surface area contributed by atoms with Crippen LogP contribution in [0.3, 0.4) is 0 Å². The number of benzene rings is 1. The van der Waals surface area contributed by atoms with Crippen molar-refractivity contribution in [2.75, 3.05) is 0 Å². The SMILES string of the molecule is CC(C)n1nc(Br)c2cccc(F)c21. The fraction of sp³-hybridized carbons (Fsp3) is 0.300. The van der Waals surface area contributed by atoms with Gasteiger partial charge in [0, 0.05) is 11.4 Å². The summed E-state index contributed by atoms with van der Waals surface area (Å²) in [5, 5.41) is 5.06. The molecule has 1 aromatic heterocycles. The summed E-state index contributed by atoms with van der Waals surface area (Å²) in [5.74, 6) is -0.227. The average molecular weight is 257 g/mol. The zero-order valence-electron chi connectivity index (χ0n) is 7.96. The Morgan fingerprint density at radius 1 is 1.43 bits per heavy atom. The van der Waals surface area contributed by atoms with Crippen LogP contribution < -0.4 is 0 Å². The molecule has 2 aromatic rings. The number of hydrogen-bond donors (Lipinski definition) is 0. The minimum atomic E-state index is -0.227. The lowest BCUT2D eigenvalue weighted by molar-refractivity contribution is 0.532. The molecular formula is C10H10BrFN2. The van der Waals surface area contributed by atoms with Gasteiger partial charge in [-0.05, 0) is 41.9 Å². The molecule has 0 bridgehead atoms. The van der Waals surface area contributed by atoms with Crippen LogP contribution in [-0.4, -0.2) is 9.78 Å². The lowest BCUT2D eigenvalue weighted by Gasteiger charge is -2.06. The highest BCUT2D eigenvalue weighted by Gasteiger charge is 2.13. The molecule has 2 rings (SSSR count). The molecule has 0 saturated carbocycles. The van der Waals surface area contributed by atoms with Gasteiger partial charge in [-0.15, -0.1) is 0 Å². The summed E-state index contributed by atoms with van der Waals surface area (Å²) < 4.78 is 15.9. The van der Waals surface area contributed by atoms with E-state index < -0.39 is 0 Å². The zero-order valence-corrected chi connectivity index (χ0v) is 9.55. The lowest BCUT2D eigenvalue weighted by Crippen LogP contribution is -2.03. The van der Waals surface area contributed by atoms with Crippen LogP contribution in [0.2, 0.25) is 0 Å². The Morgan fingerprint density at radius 3 is 2.79 bits per heavy atom. The van der Waals surface area contributed by atoms with E-state index in [-0.39, 0.29) is 11.9 Å². The second kappa shape index (κ2) is 3.35. The summed E-state index contributed by atoms with van der Waals surface area (Å²) in [6.07, 6.45) is 0. The Kier molecular flexibility index (Phi) is 2.31. The first-order chi connectivity index (χ1) is 6.61. The van der Waals surface area contributed by atoms with Crippen molar-refractivity contribution in [1.29, 1.82) is 0 Å². The lowest BCUT2D eigenvalue weighted by atomic mass is 10.2. The molecule has 74 valence electrons. The molecule has 0 aliphatic carbocycles. The molecule has 4 heteroatoms. The van der Waals surface area contributed by atoms with Gasteiger partial charge in [-0.2, -0.15) is 5.10 Å². The highest BCUT2D eigenvalue weighted by atomic mass is 79.9. The van der Waals surface area contributed by atoms with Gasteiger partial charge in [-0.1, -0.05) is 6.07 Å². The third kappa shape index (κ3) is 1.34. The average Bonchev–Trinajstić information content (AvgIpc) is 2.46. The Labute approximate surface area is 89.8 Å². The number of rotatable bonds is 1. The number of nitrogens with zero attached hydrogens (tertiary/aromatic N) is 2. The summed E-state index contributed by atoms with van der Waals surface area (Å²) in [4.78, 5) is 0. The number of halogens is 2. The molecule has 0 fully saturated rings. The van der Waals surface area contributed by atoms with Crippen LogP contribution in [0.5, 0.6) is 0 Å². The maximum absolute atomic E-state index is 13.5. The number of hydrogen-bond acceptors (Lipinski definition) is 1. The summed E-state index contributed by atoms with van der Waals surface area (Å²) in [6, 6.07) is 5.15. The van der Waals surface area contributed by atoms with Crippen molar-refractivity contribution in [2.45, 2.75) is 19.9 Å². The predicted molar refractivity (Wildman–Crippen MR) is 57.8 cm³/mol. The molecule has 1 aromatic carbocycles. The Hall–Kier alpha value is -0.900. The van der Waals surface area contributed by atoms with Gasteiger partial charge in [0.15, 0.2) is 0 Å². The smallest absolute Gasteiger partial charge is 0.149 e. The summed E-state index contributed by atoms with van der Waals surface area (Å²) in [6.45, 7) is 3.96. The molecule has 2 nitrogen and oxygen atoms in total. The quantitative estimate of drug-likeness (QED) is 0.764. The highest BCUT2D eigenvalue weighted by molar-refractivity contribution is 9.10. The minimum Gasteiger partial charge on any atom is -0.258 e. The highest BCUT2D eigenvalue weighted by Crippen LogP contribution is 2.27. The predicted octanol–water partition coefficient (Wildman–Crippen LogP) is 3.52. The summed E-state index contributed by atoms with van der Waals surface area (Å²) in [7, 11) is 0. The van der Waals surface area contributed by atoms with E-state index in [4.69, 9.17) is 0 Å². The molecule has 0 saturated heterocycles. The van der Waals surface area contributed by atoms with Crippen molar-refractivity contribution in [2.24, 2.45) is 0 Å². The molecular weight excluding hydrogens is 247 g/mol. The van der Waals surface area contributed by atoms with Gasteiger partial charge in [0.1, 0.15) is 15.9 Å². The van der Waals surface area contributed by atoms with Crippen LogP contribution in [-0.2, 0) is 0 Å². The van der Waals surface area contributed by atoms with Crippen LogP contribution >= 0.6 is 15.9 Å². The van der Waals surface area contributed by atoms with Gasteiger partial charge in [0.25, 0.3) is 0 Å². The van der Waals surface area contributed by atoms with Gasteiger partial charge < -0.3 is 0 Å². The van der Waals surface area contributed by atoms with E-state index in [2.05, 4.69) is 21.0 Å². The fourth-order valence-corrected chi connectivity index (χ4v) is 1.98. The van der Waals surface area contributed by atoms with Crippen LogP contribution in [0, 0.1) is 5.82 Å². The summed E-state index contributed by atoms with van der Waals surface area (Å²) in [5.41, 5.74) is 0.564. The maximum Gasteiger partial charge on any atom is 0.149 e. The second-order valence-electron chi connectivity index (χ2n) is 3.47. The maximum atomic E-state index is 13.5. The Balaban J connectivity index is 2.86. The number of para-hydroxylation sites is 1. The van der Waals surface area contributed by atoms with E-state index in [9.17, 15) is 4.39 Å². The van der Waals surface area contributed by atoms with Crippen molar-refractivity contribution in [3.8, 4) is 0 Å². The summed E-state index contributed by atoms with van der Waals surface area (Å²) >= 11 is 3.32. The van der Waals surface area contributed by atoms with E-state index in [1.54, 1.807) is 10.7 Å². The topological polar surface area (TPSA) is 17.8 Å². The standard InChI is InChI=1S/C10H10BrFN2/c1-6(2)14-9-7(10(11)13-14)4-3-5-8(9)12/h3-6H,1-2H3. The Morgan fingerprint density at radius 2 is 2.14 bits per heavy atom. The monoisotopic (exact) mass is 256 g/mol. The van der Waals surface area contributed by atoms with E-state index in [0.717, 1.165) is 5.39 Å². The number of fused-ring (bicyclic) bond motifs is 1. The first-order valence-electron chi connectivity index (χ1n) is 4.43. The number of aromatic nitrogens is 2. The molecule has 0 atom stereocenters. The van der Waals surface area contributed by atoms with Crippen molar-refractivity contribution in [3.63, 3.8) is 0 Å². The van der Waals surface area contributed by atoms with Gasteiger partial charge in [0.05, 0.1) is 0 Å². The van der Waals surface area contributed by atoms with Crippen molar-refractivity contribution >= 4 is 26.8 Å². The molecule has 0 radical (unpaired) electrons. The molecule has 14 heavy (non-hydrogen) atoms. The molecule has 0 aliphatic rings. The third-order valence-corrected chi connectivity index (χ3v) is 2.71. The van der Waals surface area contributed by atoms with Gasteiger partial charge in [-0.3, -0.25) is 4.68 Å². The van der Waals surface area contributed by atoms with Crippen LogP contribution in [0.1, 0.15) is 19.9 Å². The molecule has 0 unspecified atom stereocenters. The van der Waals surface area contributed by atoms with Crippen molar-refractivity contribution in [1.82, 2.24) is 9.78 Å². The minimum absolute atomic E-state index is 0.153. The fourth-order valence-electron chi connectivity index (χ4n) is 1.49. The third-order valence-electron chi connectivity index (χ3n) is 2.12. The van der Waals surface area contributed by atoms with Crippen LogP contribution in [0.15, 0.2) is 22.8 Å². The van der Waals surface area contributed by atoms with E-state index in [0.29, 0.717) is 10.1 Å². The van der Waals surface area contributed by atoms with Gasteiger partial charge >= 0.3 is 0 Å². The zero-order chi connectivity index (χ0) is 10.3.